The summed E-state index contributed by atoms with van der Waals surface area (Å²) < 4.78 is 5.72. The Hall–Kier alpha value is -2.56. The molecule has 1 N–H and O–H groups in total. The highest BCUT2D eigenvalue weighted by atomic mass is 16.5. The molecule has 5 heteroatoms. The number of carbonyl (C=O) groups excluding carboxylic acids is 1. The van der Waals surface area contributed by atoms with E-state index in [2.05, 4.69) is 10.3 Å². The molecule has 0 aliphatic carbocycles. The van der Waals surface area contributed by atoms with Crippen molar-refractivity contribution in [3.8, 4) is 5.75 Å². The molecule has 0 saturated heterocycles. The Labute approximate surface area is 136 Å². The van der Waals surface area contributed by atoms with Gasteiger partial charge in [0.1, 0.15) is 12.4 Å². The summed E-state index contributed by atoms with van der Waals surface area (Å²) in [6.07, 6.45) is 2.53. The molecule has 2 heterocycles. The Morgan fingerprint density at radius 2 is 2.09 bits per heavy atom. The number of hydrogen-bond acceptors (Lipinski definition) is 3. The van der Waals surface area contributed by atoms with E-state index in [0.29, 0.717) is 6.61 Å². The summed E-state index contributed by atoms with van der Waals surface area (Å²) in [6.45, 7) is 2.46. The molecule has 1 aromatic heterocycles. The van der Waals surface area contributed by atoms with Crippen molar-refractivity contribution in [3.05, 3.63) is 59.9 Å². The van der Waals surface area contributed by atoms with Crippen molar-refractivity contribution in [2.75, 3.05) is 13.7 Å². The van der Waals surface area contributed by atoms with Gasteiger partial charge in [-0.25, -0.2) is 4.79 Å². The van der Waals surface area contributed by atoms with Crippen LogP contribution in [0.4, 0.5) is 4.79 Å². The molecule has 2 aromatic rings. The first-order chi connectivity index (χ1) is 11.1. The number of nitrogens with zero attached hydrogens (tertiary/aromatic N) is 2. The van der Waals surface area contributed by atoms with Crippen molar-refractivity contribution in [1.82, 2.24) is 15.2 Å². The molecule has 120 valence electrons. The molecular weight excluding hydrogens is 290 g/mol. The minimum Gasteiger partial charge on any atom is -0.491 e. The second kappa shape index (κ2) is 6.69. The molecule has 23 heavy (non-hydrogen) atoms. The number of aromatic nitrogens is 1. The lowest BCUT2D eigenvalue weighted by atomic mass is 10.0. The zero-order chi connectivity index (χ0) is 16.2. The standard InChI is InChI=1S/C18H21N3O2/c1-13(16-8-5-6-10-19-16)21(2)18(22)20-15-11-14-7-3-4-9-17(14)23-12-15/h3-10,13,15H,11-12H2,1-2H3,(H,20,22). The number of urea groups is 1. The quantitative estimate of drug-likeness (QED) is 0.948. The third-order valence-corrected chi connectivity index (χ3v) is 4.22. The maximum absolute atomic E-state index is 12.5. The van der Waals surface area contributed by atoms with Crippen LogP contribution in [0.5, 0.6) is 5.75 Å². The zero-order valence-corrected chi connectivity index (χ0v) is 13.4. The highest BCUT2D eigenvalue weighted by Gasteiger charge is 2.24. The number of pyridine rings is 1. The lowest BCUT2D eigenvalue weighted by Crippen LogP contribution is -2.48. The zero-order valence-electron chi connectivity index (χ0n) is 13.4. The fourth-order valence-corrected chi connectivity index (χ4v) is 2.69. The van der Waals surface area contributed by atoms with E-state index in [9.17, 15) is 4.79 Å². The molecule has 2 amide bonds. The predicted octanol–water partition coefficient (Wildman–Crippen LogP) is 2.79. The van der Waals surface area contributed by atoms with Crippen LogP contribution in [-0.2, 0) is 6.42 Å². The van der Waals surface area contributed by atoms with Crippen molar-refractivity contribution in [2.24, 2.45) is 0 Å². The summed E-state index contributed by atoms with van der Waals surface area (Å²) in [4.78, 5) is 18.5. The third-order valence-electron chi connectivity index (χ3n) is 4.22. The number of benzene rings is 1. The molecule has 2 unspecified atom stereocenters. The lowest BCUT2D eigenvalue weighted by molar-refractivity contribution is 0.177. The first-order valence-electron chi connectivity index (χ1n) is 7.80. The number of nitrogens with one attached hydrogen (secondary N) is 1. The Balaban J connectivity index is 1.61. The maximum atomic E-state index is 12.5. The Morgan fingerprint density at radius 3 is 2.87 bits per heavy atom. The normalized spacial score (nSPS) is 17.6. The molecule has 3 rings (SSSR count). The second-order valence-corrected chi connectivity index (χ2v) is 5.81. The van der Waals surface area contributed by atoms with E-state index < -0.39 is 0 Å². The fraction of sp³-hybridized carbons (Fsp3) is 0.333. The van der Waals surface area contributed by atoms with Gasteiger partial charge in [0, 0.05) is 13.2 Å². The third kappa shape index (κ3) is 3.44. The molecule has 1 aliphatic rings. The van der Waals surface area contributed by atoms with Crippen molar-refractivity contribution in [1.29, 1.82) is 0 Å². The second-order valence-electron chi connectivity index (χ2n) is 5.81. The van der Waals surface area contributed by atoms with Gasteiger partial charge in [-0.1, -0.05) is 24.3 Å². The number of para-hydroxylation sites is 1. The summed E-state index contributed by atoms with van der Waals surface area (Å²) in [5.74, 6) is 0.910. The summed E-state index contributed by atoms with van der Waals surface area (Å²) in [5.41, 5.74) is 2.00. The smallest absolute Gasteiger partial charge is 0.318 e. The van der Waals surface area contributed by atoms with Crippen LogP contribution in [0.15, 0.2) is 48.7 Å². The van der Waals surface area contributed by atoms with Crippen LogP contribution >= 0.6 is 0 Å². The van der Waals surface area contributed by atoms with E-state index in [4.69, 9.17) is 4.74 Å². The van der Waals surface area contributed by atoms with Gasteiger partial charge in [0.2, 0.25) is 0 Å². The summed E-state index contributed by atoms with van der Waals surface area (Å²) >= 11 is 0. The fourth-order valence-electron chi connectivity index (χ4n) is 2.69. The van der Waals surface area contributed by atoms with Gasteiger partial charge in [0.15, 0.2) is 0 Å². The average molecular weight is 311 g/mol. The van der Waals surface area contributed by atoms with Gasteiger partial charge in [0.05, 0.1) is 17.8 Å². The van der Waals surface area contributed by atoms with E-state index in [1.54, 1.807) is 18.1 Å². The molecule has 0 bridgehead atoms. The molecule has 0 radical (unpaired) electrons. The lowest BCUT2D eigenvalue weighted by Gasteiger charge is -2.30. The van der Waals surface area contributed by atoms with Gasteiger partial charge in [-0.2, -0.15) is 0 Å². The Bertz CT molecular complexity index is 675. The van der Waals surface area contributed by atoms with E-state index >= 15 is 0 Å². The van der Waals surface area contributed by atoms with Gasteiger partial charge >= 0.3 is 6.03 Å². The van der Waals surface area contributed by atoms with Gasteiger partial charge in [-0.3, -0.25) is 4.98 Å². The Kier molecular flexibility index (Phi) is 4.46. The van der Waals surface area contributed by atoms with E-state index in [-0.39, 0.29) is 18.1 Å². The first kappa shape index (κ1) is 15.3. The van der Waals surface area contributed by atoms with Crippen LogP contribution in [0, 0.1) is 0 Å². The molecule has 1 aliphatic heterocycles. The summed E-state index contributed by atoms with van der Waals surface area (Å²) in [7, 11) is 1.78. The molecule has 0 fully saturated rings. The highest BCUT2D eigenvalue weighted by molar-refractivity contribution is 5.74. The van der Waals surface area contributed by atoms with E-state index in [0.717, 1.165) is 23.4 Å². The number of fused-ring (bicyclic) bond motifs is 1. The Morgan fingerprint density at radius 1 is 1.30 bits per heavy atom. The number of rotatable bonds is 3. The largest absolute Gasteiger partial charge is 0.491 e. The number of amides is 2. The molecule has 0 saturated carbocycles. The van der Waals surface area contributed by atoms with Crippen LogP contribution in [0.2, 0.25) is 0 Å². The van der Waals surface area contributed by atoms with Crippen molar-refractivity contribution >= 4 is 6.03 Å². The van der Waals surface area contributed by atoms with Gasteiger partial charge in [0.25, 0.3) is 0 Å². The van der Waals surface area contributed by atoms with Crippen LogP contribution in [-0.4, -0.2) is 35.6 Å². The number of carbonyl (C=O) groups is 1. The topological polar surface area (TPSA) is 54.5 Å². The predicted molar refractivity (Wildman–Crippen MR) is 88.4 cm³/mol. The summed E-state index contributed by atoms with van der Waals surface area (Å²) in [6, 6.07) is 13.4. The first-order valence-corrected chi connectivity index (χ1v) is 7.80. The van der Waals surface area contributed by atoms with Crippen molar-refractivity contribution < 1.29 is 9.53 Å². The van der Waals surface area contributed by atoms with Crippen molar-refractivity contribution in [2.45, 2.75) is 25.4 Å². The SMILES string of the molecule is CC(c1ccccn1)N(C)C(=O)NC1COc2ccccc2C1. The monoisotopic (exact) mass is 311 g/mol. The van der Waals surface area contributed by atoms with Crippen LogP contribution in [0.3, 0.4) is 0 Å². The van der Waals surface area contributed by atoms with E-state index in [1.807, 2.05) is 49.4 Å². The van der Waals surface area contributed by atoms with Gasteiger partial charge in [-0.15, -0.1) is 0 Å². The minimum atomic E-state index is -0.115. The van der Waals surface area contributed by atoms with Crippen LogP contribution in [0.1, 0.15) is 24.2 Å². The maximum Gasteiger partial charge on any atom is 0.318 e. The average Bonchev–Trinajstić information content (AvgIpc) is 2.61. The molecular formula is C18H21N3O2. The van der Waals surface area contributed by atoms with Gasteiger partial charge in [-0.05, 0) is 37.1 Å². The molecule has 0 spiro atoms. The van der Waals surface area contributed by atoms with Crippen LogP contribution in [0.25, 0.3) is 0 Å². The number of ether oxygens (including phenoxy) is 1. The molecule has 1 aromatic carbocycles. The van der Waals surface area contributed by atoms with E-state index in [1.165, 1.54) is 0 Å². The van der Waals surface area contributed by atoms with Crippen LogP contribution < -0.4 is 10.1 Å². The highest BCUT2D eigenvalue weighted by Crippen LogP contribution is 2.24. The minimum absolute atomic E-state index is 0.0178. The molecule has 2 atom stereocenters. The summed E-state index contributed by atoms with van der Waals surface area (Å²) in [5, 5.41) is 3.04. The van der Waals surface area contributed by atoms with Gasteiger partial charge < -0.3 is 15.0 Å². The molecule has 5 nitrogen and oxygen atoms in total. The van der Waals surface area contributed by atoms with Crippen molar-refractivity contribution in [3.63, 3.8) is 0 Å². The number of hydrogen-bond donors (Lipinski definition) is 1.